The van der Waals surface area contributed by atoms with Crippen LogP contribution in [0.4, 0.5) is 14.6 Å². The number of hydrogen-bond acceptors (Lipinski definition) is 15. The number of hydrogen-bond donors (Lipinski definition) is 2. The number of H-pyrrole nitrogens is 1. The number of anilines is 1. The van der Waals surface area contributed by atoms with Gasteiger partial charge in [0.1, 0.15) is 18.6 Å². The lowest BCUT2D eigenvalue weighted by Gasteiger charge is -2.16. The van der Waals surface area contributed by atoms with E-state index in [1.165, 1.54) is 23.3 Å². The zero-order chi connectivity index (χ0) is 41.0. The van der Waals surface area contributed by atoms with Crippen LogP contribution in [0.2, 0.25) is 19.6 Å². The minimum atomic E-state index is -1.79. The maximum Gasteiger partial charge on any atom is 0.349 e. The average molecular weight is 885 g/mol. The maximum atomic E-state index is 13.4. The van der Waals surface area contributed by atoms with Crippen LogP contribution in [-0.4, -0.2) is 91.7 Å². The van der Waals surface area contributed by atoms with E-state index in [9.17, 15) is 32.8 Å². The molecule has 2 fully saturated rings. The van der Waals surface area contributed by atoms with Crippen LogP contribution in [0, 0.1) is 11.6 Å². The van der Waals surface area contributed by atoms with Crippen LogP contribution >= 0.6 is 58.3 Å². The molecule has 3 N–H and O–H groups in total. The third kappa shape index (κ3) is 21.5. The second kappa shape index (κ2) is 25.5. The van der Waals surface area contributed by atoms with E-state index in [1.54, 1.807) is 11.8 Å². The topological polar surface area (TPSA) is 204 Å². The summed E-state index contributed by atoms with van der Waals surface area (Å²) in [5.74, 6) is -1.54. The van der Waals surface area contributed by atoms with E-state index in [2.05, 4.69) is 15.0 Å². The largest absolute Gasteiger partial charge is 0.519 e. The number of halogens is 5. The Labute approximate surface area is 336 Å². The summed E-state index contributed by atoms with van der Waals surface area (Å²) < 4.78 is 52.1. The number of carbonyl (C=O) groups is 3. The fraction of sp³-hybridized carbons (Fsp3) is 0.645. The summed E-state index contributed by atoms with van der Waals surface area (Å²) >= 11 is 17.5. The van der Waals surface area contributed by atoms with Crippen molar-refractivity contribution in [1.82, 2.24) is 19.5 Å². The summed E-state index contributed by atoms with van der Waals surface area (Å²) in [6.07, 6.45) is 4.43. The number of alkyl halides is 3. The fourth-order valence-corrected chi connectivity index (χ4v) is 6.97. The molecule has 15 nitrogen and oxygen atoms in total. The summed E-state index contributed by atoms with van der Waals surface area (Å²) in [5, 5.41) is 0.114. The first kappa shape index (κ1) is 49.4. The lowest BCUT2D eigenvalue weighted by molar-refractivity contribution is -0.175. The number of aromatic amines is 1. The Morgan fingerprint density at radius 1 is 1.04 bits per heavy atom. The van der Waals surface area contributed by atoms with E-state index >= 15 is 0 Å². The molecule has 2 aliphatic heterocycles. The van der Waals surface area contributed by atoms with Crippen molar-refractivity contribution in [2.75, 3.05) is 30.5 Å². The number of rotatable bonds is 12. The van der Waals surface area contributed by atoms with Gasteiger partial charge < -0.3 is 29.1 Å². The van der Waals surface area contributed by atoms with Crippen molar-refractivity contribution < 1.29 is 46.5 Å². The van der Waals surface area contributed by atoms with Gasteiger partial charge in [0.15, 0.2) is 15.9 Å². The van der Waals surface area contributed by atoms with E-state index < -0.39 is 41.8 Å². The molecule has 4 rings (SSSR count). The Bertz CT molecular complexity index is 1610. The van der Waals surface area contributed by atoms with Crippen molar-refractivity contribution in [3.05, 3.63) is 44.9 Å². The zero-order valence-electron chi connectivity index (χ0n) is 30.6. The zero-order valence-corrected chi connectivity index (χ0v) is 35.5. The molecule has 0 amide bonds. The molecular formula is C31H46Cl3F2N5O10S2Si. The molecule has 2 aliphatic rings. The van der Waals surface area contributed by atoms with Gasteiger partial charge in [-0.15, -0.1) is 11.8 Å². The molecule has 23 heteroatoms. The Balaban J connectivity index is 0.000000395. The van der Waals surface area contributed by atoms with Gasteiger partial charge in [-0.3, -0.25) is 28.7 Å². The van der Waals surface area contributed by atoms with Crippen molar-refractivity contribution in [2.24, 2.45) is 0 Å². The summed E-state index contributed by atoms with van der Waals surface area (Å²) in [5.41, 5.74) is 3.68. The highest BCUT2D eigenvalue weighted by molar-refractivity contribution is 8.00. The van der Waals surface area contributed by atoms with Crippen LogP contribution < -0.4 is 21.4 Å². The monoisotopic (exact) mass is 883 g/mol. The maximum absolute atomic E-state index is 13.4. The molecule has 0 aromatic carbocycles. The normalized spacial score (nSPS) is 18.9. The van der Waals surface area contributed by atoms with E-state index in [-0.39, 0.29) is 53.1 Å². The van der Waals surface area contributed by atoms with Crippen LogP contribution in [0.25, 0.3) is 0 Å². The molecule has 306 valence electrons. The smallest absolute Gasteiger partial charge is 0.349 e. The van der Waals surface area contributed by atoms with Gasteiger partial charge in [0, 0.05) is 43.0 Å². The van der Waals surface area contributed by atoms with Gasteiger partial charge in [0.05, 0.1) is 11.9 Å². The number of esters is 3. The average Bonchev–Trinajstić information content (AvgIpc) is 3.72. The molecule has 2 aromatic rings. The van der Waals surface area contributed by atoms with Gasteiger partial charge in [0.2, 0.25) is 20.4 Å². The van der Waals surface area contributed by atoms with Gasteiger partial charge in [-0.05, 0) is 38.9 Å². The van der Waals surface area contributed by atoms with Crippen LogP contribution in [0.1, 0.15) is 58.9 Å². The quantitative estimate of drug-likeness (QED) is 0.112. The fourth-order valence-electron chi connectivity index (χ4n) is 4.09. The highest BCUT2D eigenvalue weighted by Crippen LogP contribution is 2.34. The molecule has 0 radical (unpaired) electrons. The Morgan fingerprint density at radius 2 is 1.63 bits per heavy atom. The second-order valence-corrected chi connectivity index (χ2v) is 21.1. The predicted octanol–water partition coefficient (Wildman–Crippen LogP) is 5.77. The molecular weight excluding hydrogens is 839 g/mol. The molecule has 4 heterocycles. The molecule has 2 unspecified atom stereocenters. The molecule has 0 saturated carbocycles. The first-order valence-corrected chi connectivity index (χ1v) is 23.3. The Morgan fingerprint density at radius 3 is 2.17 bits per heavy atom. The summed E-state index contributed by atoms with van der Waals surface area (Å²) in [4.78, 5) is 64.9. The Hall–Kier alpha value is -2.62. The van der Waals surface area contributed by atoms with E-state index in [0.717, 1.165) is 25.2 Å². The standard InChI is InChI=1S/C13H18FN3O3S.C10H16O5S.C7H11FN2O2Si.CHCl3/c1-2-3-11(18)20-6-9-4-8(7-21-9)17-5-10(14)12(15)16-13(17)19;1-3-4-8(12)13-5-10-15-9(6-16-10)14-7(2)11;1-13(2,3)12-7-9-4-5(8)6(11)10-7;2-1(3)4/h5,8-9H,2-4,6-7H2,1H3,(H2,15,16,19);9-10H,3-6H2,1-2H3;4H,1-3H3,(H,9,10,11);1H/t8-,9-;;;/m0.../s1. The van der Waals surface area contributed by atoms with Gasteiger partial charge in [-0.1, -0.05) is 48.7 Å². The second-order valence-electron chi connectivity index (χ2n) is 12.1. The summed E-state index contributed by atoms with van der Waals surface area (Å²) in [7, 11) is -1.79. The lowest BCUT2D eigenvalue weighted by Crippen LogP contribution is -2.31. The van der Waals surface area contributed by atoms with Crippen LogP contribution in [0.15, 0.2) is 22.0 Å². The van der Waals surface area contributed by atoms with Crippen molar-refractivity contribution in [3.8, 4) is 6.01 Å². The lowest BCUT2D eigenvalue weighted by atomic mass is 10.2. The van der Waals surface area contributed by atoms with E-state index in [4.69, 9.17) is 63.9 Å². The molecule has 54 heavy (non-hydrogen) atoms. The third-order valence-electron chi connectivity index (χ3n) is 6.26. The van der Waals surface area contributed by atoms with Gasteiger partial charge in [0.25, 0.3) is 11.6 Å². The number of ether oxygens (including phenoxy) is 4. The minimum Gasteiger partial charge on any atom is -0.519 e. The number of carbonyl (C=O) groups excluding carboxylic acids is 3. The van der Waals surface area contributed by atoms with Crippen molar-refractivity contribution >= 4 is 90.4 Å². The van der Waals surface area contributed by atoms with Gasteiger partial charge in [-0.25, -0.2) is 14.2 Å². The molecule has 4 atom stereocenters. The molecule has 0 aliphatic carbocycles. The van der Waals surface area contributed by atoms with Crippen LogP contribution in [0.3, 0.4) is 0 Å². The summed E-state index contributed by atoms with van der Waals surface area (Å²) in [6, 6.07) is -0.0643. The first-order valence-electron chi connectivity index (χ1n) is 16.5. The van der Waals surface area contributed by atoms with Crippen molar-refractivity contribution in [3.63, 3.8) is 0 Å². The number of thioether (sulfide) groups is 2. The number of nitrogens with one attached hydrogen (secondary N) is 1. The highest BCUT2D eigenvalue weighted by Gasteiger charge is 2.30. The number of nitrogens with two attached hydrogens (primary N) is 1. The first-order chi connectivity index (χ1) is 25.2. The van der Waals surface area contributed by atoms with E-state index in [1.807, 2.05) is 33.5 Å². The summed E-state index contributed by atoms with van der Waals surface area (Å²) in [6.45, 7) is 11.5. The minimum absolute atomic E-state index is 0.0885. The van der Waals surface area contributed by atoms with Gasteiger partial charge in [-0.2, -0.15) is 21.1 Å². The molecule has 0 spiro atoms. The van der Waals surface area contributed by atoms with Crippen LogP contribution in [0.5, 0.6) is 6.01 Å². The highest BCUT2D eigenvalue weighted by atomic mass is 35.6. The SMILES string of the molecule is CCCC(=O)OCC1OC(OC(C)=O)CS1.CCCC(=O)OC[C@@H]1C[C@H](n2cc(F)c(N)nc2=O)CS1.C[Si](C)(C)Oc1ncc(F)c(=O)[nH]1.ClC(Cl)Cl. The molecule has 2 aromatic heterocycles. The molecule has 2 saturated heterocycles. The molecule has 0 bridgehead atoms. The van der Waals surface area contributed by atoms with E-state index in [0.29, 0.717) is 37.4 Å². The Kier molecular flexibility index (Phi) is 23.3. The van der Waals surface area contributed by atoms with Crippen LogP contribution in [-0.2, 0) is 33.3 Å². The number of aromatic nitrogens is 4. The third-order valence-corrected chi connectivity index (χ3v) is 9.53. The number of nitrogen functional groups attached to an aromatic ring is 1. The van der Waals surface area contributed by atoms with Crippen molar-refractivity contribution in [1.29, 1.82) is 0 Å². The number of nitrogens with zero attached hydrogens (tertiary/aromatic N) is 3. The van der Waals surface area contributed by atoms with Crippen molar-refractivity contribution in [2.45, 2.75) is 99.8 Å². The predicted molar refractivity (Wildman–Crippen MR) is 208 cm³/mol. The van der Waals surface area contributed by atoms with Gasteiger partial charge >= 0.3 is 23.6 Å².